The predicted octanol–water partition coefficient (Wildman–Crippen LogP) is 7.79. The van der Waals surface area contributed by atoms with Crippen LogP contribution < -0.4 is 0 Å². The minimum Gasteiger partial charge on any atom is -0.507 e. The van der Waals surface area contributed by atoms with E-state index in [1.807, 2.05) is 18.2 Å². The van der Waals surface area contributed by atoms with Gasteiger partial charge < -0.3 is 5.11 Å². The van der Waals surface area contributed by atoms with E-state index in [9.17, 15) is 5.11 Å². The molecule has 1 aromatic heterocycles. The van der Waals surface area contributed by atoms with Crippen molar-refractivity contribution in [1.29, 1.82) is 0 Å². The zero-order valence-corrected chi connectivity index (χ0v) is 18.1. The molecule has 0 unspecified atom stereocenters. The molecule has 0 radical (unpaired) electrons. The molecule has 30 heavy (non-hydrogen) atoms. The normalized spacial score (nSPS) is 12.0. The maximum absolute atomic E-state index is 10.3. The van der Waals surface area contributed by atoms with Gasteiger partial charge in [0.15, 0.2) is 0 Å². The van der Waals surface area contributed by atoms with Gasteiger partial charge in [-0.25, -0.2) is 4.98 Å². The van der Waals surface area contributed by atoms with Gasteiger partial charge in [-0.3, -0.25) is 0 Å². The highest BCUT2D eigenvalue weighted by atomic mass is 32.1. The van der Waals surface area contributed by atoms with E-state index in [0.29, 0.717) is 0 Å². The molecular weight excluding hydrogens is 386 g/mol. The largest absolute Gasteiger partial charge is 0.507 e. The van der Waals surface area contributed by atoms with Gasteiger partial charge in [-0.05, 0) is 57.6 Å². The lowest BCUT2D eigenvalue weighted by atomic mass is 9.85. The fraction of sp³-hybridized carbons (Fsp3) is 0.148. The second kappa shape index (κ2) is 6.96. The minimum absolute atomic E-state index is 0.0266. The zero-order valence-electron chi connectivity index (χ0n) is 17.3. The highest BCUT2D eigenvalue weighted by Crippen LogP contribution is 2.41. The van der Waals surface area contributed by atoms with E-state index in [2.05, 4.69) is 75.4 Å². The summed E-state index contributed by atoms with van der Waals surface area (Å²) in [7, 11) is 0. The molecule has 0 spiro atoms. The number of phenolic OH excluding ortho intramolecular Hbond substituents is 1. The van der Waals surface area contributed by atoms with Gasteiger partial charge in [0, 0.05) is 5.56 Å². The summed E-state index contributed by atoms with van der Waals surface area (Å²) in [5.74, 6) is 0.264. The number of aromatic nitrogens is 1. The number of nitrogens with zero attached hydrogens (tertiary/aromatic N) is 1. The maximum atomic E-state index is 10.3. The van der Waals surface area contributed by atoms with E-state index < -0.39 is 0 Å². The van der Waals surface area contributed by atoms with Gasteiger partial charge in [-0.15, -0.1) is 11.3 Å². The summed E-state index contributed by atoms with van der Waals surface area (Å²) in [4.78, 5) is 4.98. The van der Waals surface area contributed by atoms with Crippen molar-refractivity contribution < 1.29 is 5.11 Å². The Morgan fingerprint density at radius 3 is 2.27 bits per heavy atom. The Balaban J connectivity index is 1.79. The van der Waals surface area contributed by atoms with Crippen LogP contribution in [0.15, 0.2) is 78.9 Å². The van der Waals surface area contributed by atoms with Crippen molar-refractivity contribution in [2.24, 2.45) is 0 Å². The van der Waals surface area contributed by atoms with Crippen LogP contribution in [0.1, 0.15) is 26.3 Å². The average Bonchev–Trinajstić information content (AvgIpc) is 3.16. The van der Waals surface area contributed by atoms with E-state index in [1.165, 1.54) is 21.9 Å². The lowest BCUT2D eigenvalue weighted by Gasteiger charge is -2.20. The predicted molar refractivity (Wildman–Crippen MR) is 128 cm³/mol. The number of aromatic hydroxyl groups is 1. The molecule has 0 atom stereocenters. The van der Waals surface area contributed by atoms with Gasteiger partial charge in [0.2, 0.25) is 0 Å². The molecule has 0 amide bonds. The van der Waals surface area contributed by atoms with E-state index in [0.717, 1.165) is 26.4 Å². The number of rotatable bonds is 2. The summed E-state index contributed by atoms with van der Waals surface area (Å²) < 4.78 is 1.14. The Hall–Kier alpha value is -3.17. The number of para-hydroxylation sites is 1. The molecule has 0 saturated heterocycles. The summed E-state index contributed by atoms with van der Waals surface area (Å²) in [6.07, 6.45) is 0. The van der Waals surface area contributed by atoms with E-state index in [-0.39, 0.29) is 11.2 Å². The SMILES string of the molecule is CC(C)(C)c1cc(-c2ccc3ccccc3c2)c2nc(-c3ccccc3O)sc2c1. The topological polar surface area (TPSA) is 33.1 Å². The molecule has 4 aromatic carbocycles. The molecule has 1 heterocycles. The van der Waals surface area contributed by atoms with Gasteiger partial charge in [0.05, 0.1) is 15.8 Å². The van der Waals surface area contributed by atoms with Crippen molar-refractivity contribution in [3.05, 3.63) is 84.4 Å². The number of hydrogen-bond donors (Lipinski definition) is 1. The van der Waals surface area contributed by atoms with Gasteiger partial charge in [0.25, 0.3) is 0 Å². The van der Waals surface area contributed by atoms with Crippen molar-refractivity contribution in [2.45, 2.75) is 26.2 Å². The summed E-state index contributed by atoms with van der Waals surface area (Å²) in [6.45, 7) is 6.72. The monoisotopic (exact) mass is 409 g/mol. The molecular formula is C27H23NOS. The molecule has 0 aliphatic rings. The first-order valence-electron chi connectivity index (χ1n) is 10.1. The Bertz CT molecular complexity index is 1390. The molecule has 0 fully saturated rings. The zero-order chi connectivity index (χ0) is 20.9. The molecule has 5 rings (SSSR count). The van der Waals surface area contributed by atoms with Crippen LogP contribution in [0, 0.1) is 0 Å². The minimum atomic E-state index is 0.0266. The second-order valence-corrected chi connectivity index (χ2v) is 9.75. The van der Waals surface area contributed by atoms with Crippen LogP contribution in [-0.2, 0) is 5.41 Å². The molecule has 3 heteroatoms. The van der Waals surface area contributed by atoms with Crippen LogP contribution in [0.4, 0.5) is 0 Å². The second-order valence-electron chi connectivity index (χ2n) is 8.72. The molecule has 2 nitrogen and oxygen atoms in total. The first-order chi connectivity index (χ1) is 14.4. The molecule has 0 bridgehead atoms. The molecule has 0 aliphatic carbocycles. The van der Waals surface area contributed by atoms with Crippen molar-refractivity contribution >= 4 is 32.3 Å². The number of phenols is 1. The average molecular weight is 410 g/mol. The highest BCUT2D eigenvalue weighted by molar-refractivity contribution is 7.21. The lowest BCUT2D eigenvalue weighted by Crippen LogP contribution is -2.11. The standard InChI is InChI=1S/C27H23NOS/c1-27(2,3)20-15-22(19-13-12-17-8-4-5-9-18(17)14-19)25-24(16-20)30-26(28-25)21-10-6-7-11-23(21)29/h4-16,29H,1-3H3. The van der Waals surface area contributed by atoms with Crippen molar-refractivity contribution in [3.8, 4) is 27.4 Å². The number of thiazole rings is 1. The summed E-state index contributed by atoms with van der Waals surface area (Å²) in [5.41, 5.74) is 5.38. The van der Waals surface area contributed by atoms with Gasteiger partial charge in [0.1, 0.15) is 10.8 Å². The Morgan fingerprint density at radius 1 is 0.767 bits per heavy atom. The third-order valence-corrected chi connectivity index (χ3v) is 6.59. The number of fused-ring (bicyclic) bond motifs is 2. The third-order valence-electron chi connectivity index (χ3n) is 5.56. The van der Waals surface area contributed by atoms with E-state index in [4.69, 9.17) is 4.98 Å². The van der Waals surface area contributed by atoms with E-state index in [1.54, 1.807) is 17.4 Å². The van der Waals surface area contributed by atoms with Crippen molar-refractivity contribution in [1.82, 2.24) is 4.98 Å². The number of hydrogen-bond acceptors (Lipinski definition) is 3. The Kier molecular flexibility index (Phi) is 4.37. The summed E-state index contributed by atoms with van der Waals surface area (Å²) in [6, 6.07) is 27.0. The third kappa shape index (κ3) is 3.25. The smallest absolute Gasteiger partial charge is 0.128 e. The molecule has 0 saturated carbocycles. The molecule has 5 aromatic rings. The highest BCUT2D eigenvalue weighted by Gasteiger charge is 2.20. The van der Waals surface area contributed by atoms with Gasteiger partial charge >= 0.3 is 0 Å². The van der Waals surface area contributed by atoms with E-state index >= 15 is 0 Å². The van der Waals surface area contributed by atoms with Crippen LogP contribution in [0.25, 0.3) is 42.7 Å². The van der Waals surface area contributed by atoms with Gasteiger partial charge in [-0.1, -0.05) is 69.3 Å². The molecule has 148 valence electrons. The summed E-state index contributed by atoms with van der Waals surface area (Å²) in [5, 5.41) is 13.6. The van der Waals surface area contributed by atoms with Crippen LogP contribution >= 0.6 is 11.3 Å². The van der Waals surface area contributed by atoms with Crippen molar-refractivity contribution in [2.75, 3.05) is 0 Å². The van der Waals surface area contributed by atoms with Crippen LogP contribution in [0.2, 0.25) is 0 Å². The maximum Gasteiger partial charge on any atom is 0.128 e. The van der Waals surface area contributed by atoms with Crippen molar-refractivity contribution in [3.63, 3.8) is 0 Å². The molecule has 1 N–H and O–H groups in total. The number of benzene rings is 4. The van der Waals surface area contributed by atoms with Crippen LogP contribution in [0.3, 0.4) is 0 Å². The van der Waals surface area contributed by atoms with Crippen LogP contribution in [0.5, 0.6) is 5.75 Å². The fourth-order valence-electron chi connectivity index (χ4n) is 3.81. The first-order valence-corrected chi connectivity index (χ1v) is 10.9. The quantitative estimate of drug-likeness (QED) is 0.323. The van der Waals surface area contributed by atoms with Gasteiger partial charge in [-0.2, -0.15) is 0 Å². The fourth-order valence-corrected chi connectivity index (χ4v) is 4.88. The first kappa shape index (κ1) is 18.8. The Labute approximate surface area is 180 Å². The van der Waals surface area contributed by atoms with Crippen LogP contribution in [-0.4, -0.2) is 10.1 Å². The lowest BCUT2D eigenvalue weighted by molar-refractivity contribution is 0.477. The molecule has 0 aliphatic heterocycles. The Morgan fingerprint density at radius 2 is 1.50 bits per heavy atom. The summed E-state index contributed by atoms with van der Waals surface area (Å²) >= 11 is 1.64.